The van der Waals surface area contributed by atoms with Crippen molar-refractivity contribution in [3.8, 4) is 0 Å². The minimum atomic E-state index is -0.609. The van der Waals surface area contributed by atoms with E-state index in [0.717, 1.165) is 25.7 Å². The molecule has 0 aromatic heterocycles. The van der Waals surface area contributed by atoms with Crippen LogP contribution in [0.1, 0.15) is 72.6 Å². The molecular weight excluding hydrogens is 324 g/mol. The predicted octanol–water partition coefficient (Wildman–Crippen LogP) is 2.41. The number of piperidine rings is 1. The number of esters is 1. The molecule has 7 heteroatoms. The smallest absolute Gasteiger partial charge is 0.329 e. The molecule has 7 nitrogen and oxygen atoms in total. The van der Waals surface area contributed by atoms with Gasteiger partial charge < -0.3 is 9.64 Å². The molecule has 2 atom stereocenters. The molecule has 1 saturated heterocycles. The lowest BCUT2D eigenvalue weighted by molar-refractivity contribution is -0.167. The first-order chi connectivity index (χ1) is 11.7. The maximum absolute atomic E-state index is 13.0. The summed E-state index contributed by atoms with van der Waals surface area (Å²) in [6, 6.07) is -0.596. The number of nitrogens with one attached hydrogen (secondary N) is 1. The Labute approximate surface area is 150 Å². The molecule has 1 aliphatic heterocycles. The Balaban J connectivity index is 2.90. The monoisotopic (exact) mass is 356 g/mol. The van der Waals surface area contributed by atoms with Crippen LogP contribution < -0.4 is 5.48 Å². The number of carbonyl (C=O) groups is 3. The molecule has 0 aromatic carbocycles. The van der Waals surface area contributed by atoms with Crippen LogP contribution in [0.3, 0.4) is 0 Å². The largest absolute Gasteiger partial charge is 0.458 e. The fourth-order valence-corrected chi connectivity index (χ4v) is 3.08. The highest BCUT2D eigenvalue weighted by atomic mass is 16.6. The topological polar surface area (TPSA) is 95.9 Å². The van der Waals surface area contributed by atoms with E-state index in [1.807, 2.05) is 6.92 Å². The van der Waals surface area contributed by atoms with E-state index in [2.05, 4.69) is 0 Å². The zero-order chi connectivity index (χ0) is 19.0. The highest BCUT2D eigenvalue weighted by Crippen LogP contribution is 2.25. The van der Waals surface area contributed by atoms with Crippen LogP contribution in [0.4, 0.5) is 0 Å². The molecule has 0 radical (unpaired) electrons. The van der Waals surface area contributed by atoms with Gasteiger partial charge in [0, 0.05) is 18.9 Å². The van der Waals surface area contributed by atoms with Crippen LogP contribution in [0.25, 0.3) is 0 Å². The molecule has 0 saturated carbocycles. The number of carbonyl (C=O) groups excluding carboxylic acids is 3. The average Bonchev–Trinajstić information content (AvgIpc) is 2.56. The Morgan fingerprint density at radius 1 is 1.28 bits per heavy atom. The van der Waals surface area contributed by atoms with E-state index in [0.29, 0.717) is 19.4 Å². The zero-order valence-corrected chi connectivity index (χ0v) is 15.8. The van der Waals surface area contributed by atoms with Crippen LogP contribution in [-0.2, 0) is 19.1 Å². The first-order valence-corrected chi connectivity index (χ1v) is 9.16. The van der Waals surface area contributed by atoms with Gasteiger partial charge in [0.2, 0.25) is 11.8 Å². The SMILES string of the molecule is CCCCC(CC(=O)NO)C(=O)N1CCCCC1C(=O)OC(C)(C)C. The lowest BCUT2D eigenvalue weighted by Crippen LogP contribution is -2.52. The Hall–Kier alpha value is -1.63. The normalized spacial score (nSPS) is 19.2. The first-order valence-electron chi connectivity index (χ1n) is 9.16. The van der Waals surface area contributed by atoms with Gasteiger partial charge in [0.05, 0.1) is 0 Å². The third kappa shape index (κ3) is 7.02. The maximum atomic E-state index is 13.0. The summed E-state index contributed by atoms with van der Waals surface area (Å²) in [6.07, 6.45) is 4.46. The summed E-state index contributed by atoms with van der Waals surface area (Å²) >= 11 is 0. The minimum Gasteiger partial charge on any atom is -0.458 e. The van der Waals surface area contributed by atoms with Gasteiger partial charge in [0.1, 0.15) is 11.6 Å². The summed E-state index contributed by atoms with van der Waals surface area (Å²) in [7, 11) is 0. The van der Waals surface area contributed by atoms with E-state index in [1.165, 1.54) is 0 Å². The van der Waals surface area contributed by atoms with E-state index in [9.17, 15) is 14.4 Å². The maximum Gasteiger partial charge on any atom is 0.329 e. The second kappa shape index (κ2) is 9.75. The summed E-state index contributed by atoms with van der Waals surface area (Å²) in [5.41, 5.74) is 0.984. The standard InChI is InChI=1S/C18H32N2O5/c1-5-6-9-13(12-15(21)19-24)16(22)20-11-8-7-10-14(20)17(23)25-18(2,3)4/h13-14,24H,5-12H2,1-4H3,(H,19,21). The molecule has 0 bridgehead atoms. The summed E-state index contributed by atoms with van der Waals surface area (Å²) in [4.78, 5) is 38.6. The van der Waals surface area contributed by atoms with Crippen LogP contribution in [0, 0.1) is 5.92 Å². The van der Waals surface area contributed by atoms with Crippen molar-refractivity contribution in [1.29, 1.82) is 0 Å². The highest BCUT2D eigenvalue weighted by molar-refractivity contribution is 5.89. The molecule has 2 N–H and O–H groups in total. The molecular formula is C18H32N2O5. The van der Waals surface area contributed by atoms with Crippen LogP contribution in [0.5, 0.6) is 0 Å². The van der Waals surface area contributed by atoms with E-state index < -0.39 is 23.5 Å². The van der Waals surface area contributed by atoms with Crippen molar-refractivity contribution >= 4 is 17.8 Å². The van der Waals surface area contributed by atoms with Crippen LogP contribution in [0.2, 0.25) is 0 Å². The molecule has 1 aliphatic rings. The molecule has 1 rings (SSSR count). The fourth-order valence-electron chi connectivity index (χ4n) is 3.08. The summed E-state index contributed by atoms with van der Waals surface area (Å²) in [5.74, 6) is -1.70. The number of likely N-dealkylation sites (tertiary alicyclic amines) is 1. The van der Waals surface area contributed by atoms with Crippen molar-refractivity contribution in [2.75, 3.05) is 6.54 Å². The molecule has 25 heavy (non-hydrogen) atoms. The van der Waals surface area contributed by atoms with E-state index in [1.54, 1.807) is 31.2 Å². The summed E-state index contributed by atoms with van der Waals surface area (Å²) in [5, 5.41) is 8.77. The van der Waals surface area contributed by atoms with E-state index in [4.69, 9.17) is 9.94 Å². The molecule has 0 aromatic rings. The van der Waals surface area contributed by atoms with Gasteiger partial charge in [-0.3, -0.25) is 14.8 Å². The molecule has 2 unspecified atom stereocenters. The van der Waals surface area contributed by atoms with Crippen molar-refractivity contribution in [2.45, 2.75) is 84.3 Å². The molecule has 0 aliphatic carbocycles. The van der Waals surface area contributed by atoms with Crippen LogP contribution in [-0.4, -0.2) is 46.1 Å². The van der Waals surface area contributed by atoms with Crippen LogP contribution >= 0.6 is 0 Å². The first kappa shape index (κ1) is 21.4. The second-order valence-electron chi connectivity index (χ2n) is 7.65. The zero-order valence-electron chi connectivity index (χ0n) is 15.8. The average molecular weight is 356 g/mol. The van der Waals surface area contributed by atoms with Crippen molar-refractivity contribution in [3.05, 3.63) is 0 Å². The Bertz CT molecular complexity index is 473. The number of nitrogens with zero attached hydrogens (tertiary/aromatic N) is 1. The second-order valence-corrected chi connectivity index (χ2v) is 7.65. The number of hydrogen-bond donors (Lipinski definition) is 2. The number of hydrogen-bond acceptors (Lipinski definition) is 5. The number of amides is 2. The van der Waals surface area contributed by atoms with Gasteiger partial charge in [0.15, 0.2) is 0 Å². The van der Waals surface area contributed by atoms with Gasteiger partial charge in [-0.2, -0.15) is 0 Å². The lowest BCUT2D eigenvalue weighted by Gasteiger charge is -2.37. The van der Waals surface area contributed by atoms with Gasteiger partial charge in [-0.05, 0) is 46.5 Å². The van der Waals surface area contributed by atoms with Gasteiger partial charge in [-0.25, -0.2) is 10.3 Å². The lowest BCUT2D eigenvalue weighted by atomic mass is 9.93. The van der Waals surface area contributed by atoms with Crippen LogP contribution in [0.15, 0.2) is 0 Å². The summed E-state index contributed by atoms with van der Waals surface area (Å²) < 4.78 is 5.47. The van der Waals surface area contributed by atoms with Gasteiger partial charge in [-0.1, -0.05) is 19.8 Å². The van der Waals surface area contributed by atoms with Gasteiger partial charge in [0.25, 0.3) is 0 Å². The Kier molecular flexibility index (Phi) is 8.35. The minimum absolute atomic E-state index is 0.0765. The van der Waals surface area contributed by atoms with E-state index >= 15 is 0 Å². The predicted molar refractivity (Wildman–Crippen MR) is 92.8 cm³/mol. The van der Waals surface area contributed by atoms with Crippen molar-refractivity contribution in [1.82, 2.24) is 10.4 Å². The van der Waals surface area contributed by atoms with E-state index in [-0.39, 0.29) is 18.3 Å². The molecule has 1 heterocycles. The highest BCUT2D eigenvalue weighted by Gasteiger charge is 2.37. The van der Waals surface area contributed by atoms with Crippen molar-refractivity contribution in [2.24, 2.45) is 5.92 Å². The number of ether oxygens (including phenoxy) is 1. The fraction of sp³-hybridized carbons (Fsp3) is 0.833. The quantitative estimate of drug-likeness (QED) is 0.415. The van der Waals surface area contributed by atoms with Gasteiger partial charge >= 0.3 is 5.97 Å². The number of hydroxylamine groups is 1. The molecule has 0 spiro atoms. The Morgan fingerprint density at radius 2 is 1.96 bits per heavy atom. The molecule has 2 amide bonds. The summed E-state index contributed by atoms with van der Waals surface area (Å²) in [6.45, 7) is 7.91. The number of rotatable bonds is 7. The molecule has 144 valence electrons. The third-order valence-corrected chi connectivity index (χ3v) is 4.28. The van der Waals surface area contributed by atoms with Gasteiger partial charge in [-0.15, -0.1) is 0 Å². The number of unbranched alkanes of at least 4 members (excludes halogenated alkanes) is 1. The third-order valence-electron chi connectivity index (χ3n) is 4.28. The van der Waals surface area contributed by atoms with Crippen molar-refractivity contribution in [3.63, 3.8) is 0 Å². The molecule has 1 fully saturated rings. The Morgan fingerprint density at radius 3 is 2.52 bits per heavy atom. The van der Waals surface area contributed by atoms with Crippen molar-refractivity contribution < 1.29 is 24.3 Å².